The summed E-state index contributed by atoms with van der Waals surface area (Å²) in [5, 5.41) is 9.03. The van der Waals surface area contributed by atoms with Gasteiger partial charge in [0.2, 0.25) is 5.91 Å². The lowest BCUT2D eigenvalue weighted by Gasteiger charge is -2.40. The van der Waals surface area contributed by atoms with E-state index in [1.165, 1.54) is 20.2 Å². The van der Waals surface area contributed by atoms with Crippen LogP contribution in [0.2, 0.25) is 5.15 Å². The second kappa shape index (κ2) is 7.52. The zero-order chi connectivity index (χ0) is 21.5. The molecular formula is C18H15ClFN5O4. The van der Waals surface area contributed by atoms with Crippen molar-refractivity contribution in [3.8, 4) is 6.07 Å². The predicted octanol–water partition coefficient (Wildman–Crippen LogP) is 1.19. The van der Waals surface area contributed by atoms with Crippen LogP contribution in [0, 0.1) is 17.1 Å². The number of carbonyl (C=O) groups excluding carboxylic acids is 2. The highest BCUT2D eigenvalue weighted by Crippen LogP contribution is 2.29. The largest absolute Gasteiger partial charge is 0.333 e. The molecule has 1 aliphatic heterocycles. The minimum atomic E-state index is -1.16. The van der Waals surface area contributed by atoms with Crippen molar-refractivity contribution in [2.45, 2.75) is 19.1 Å². The second-order valence-electron chi connectivity index (χ2n) is 6.48. The molecular weight excluding hydrogens is 405 g/mol. The van der Waals surface area contributed by atoms with Gasteiger partial charge >= 0.3 is 11.7 Å². The molecule has 0 bridgehead atoms. The van der Waals surface area contributed by atoms with Crippen LogP contribution in [0.1, 0.15) is 23.7 Å². The molecule has 0 spiro atoms. The molecule has 2 aromatic rings. The van der Waals surface area contributed by atoms with Gasteiger partial charge < -0.3 is 0 Å². The van der Waals surface area contributed by atoms with E-state index >= 15 is 0 Å². The maximum Gasteiger partial charge on any atom is 0.333 e. The van der Waals surface area contributed by atoms with E-state index in [0.29, 0.717) is 0 Å². The average Bonchev–Trinajstić information content (AvgIpc) is 2.67. The predicted molar refractivity (Wildman–Crippen MR) is 99.4 cm³/mol. The van der Waals surface area contributed by atoms with Gasteiger partial charge in [0, 0.05) is 20.2 Å². The summed E-state index contributed by atoms with van der Waals surface area (Å²) in [7, 11) is 2.51. The smallest absolute Gasteiger partial charge is 0.298 e. The number of amides is 3. The Morgan fingerprint density at radius 3 is 2.55 bits per heavy atom. The van der Waals surface area contributed by atoms with Crippen LogP contribution in [-0.2, 0) is 18.4 Å². The highest BCUT2D eigenvalue weighted by Gasteiger charge is 2.39. The van der Waals surface area contributed by atoms with Crippen molar-refractivity contribution in [1.29, 1.82) is 5.26 Å². The molecule has 3 rings (SSSR count). The number of rotatable bonds is 3. The number of halogens is 2. The lowest BCUT2D eigenvalue weighted by Crippen LogP contribution is -2.55. The topological polar surface area (TPSA) is 108 Å². The maximum absolute atomic E-state index is 13.7. The third kappa shape index (κ3) is 3.52. The van der Waals surface area contributed by atoms with Gasteiger partial charge in [-0.3, -0.25) is 28.5 Å². The van der Waals surface area contributed by atoms with E-state index in [4.69, 9.17) is 11.6 Å². The Kier molecular flexibility index (Phi) is 5.26. The fraction of sp³-hybridized carbons (Fsp3) is 0.278. The van der Waals surface area contributed by atoms with Crippen molar-refractivity contribution in [1.82, 2.24) is 18.9 Å². The van der Waals surface area contributed by atoms with Gasteiger partial charge in [-0.15, -0.1) is 0 Å². The Hall–Kier alpha value is -3.45. The number of urea groups is 1. The molecule has 1 atom stereocenters. The molecule has 150 valence electrons. The number of carbonyl (C=O) groups is 2. The molecule has 0 saturated carbocycles. The van der Waals surface area contributed by atoms with Crippen LogP contribution in [0.25, 0.3) is 0 Å². The van der Waals surface area contributed by atoms with Crippen LogP contribution in [0.5, 0.6) is 0 Å². The lowest BCUT2D eigenvalue weighted by atomic mass is 10.1. The monoisotopic (exact) mass is 419 g/mol. The van der Waals surface area contributed by atoms with Gasteiger partial charge in [-0.2, -0.15) is 5.26 Å². The minimum Gasteiger partial charge on any atom is -0.298 e. The first-order valence-corrected chi connectivity index (χ1v) is 8.77. The van der Waals surface area contributed by atoms with E-state index < -0.39 is 35.2 Å². The van der Waals surface area contributed by atoms with Crippen LogP contribution in [0.4, 0.5) is 9.18 Å². The molecule has 29 heavy (non-hydrogen) atoms. The Morgan fingerprint density at radius 1 is 1.21 bits per heavy atom. The summed E-state index contributed by atoms with van der Waals surface area (Å²) >= 11 is 6.10. The average molecular weight is 420 g/mol. The van der Waals surface area contributed by atoms with Gasteiger partial charge in [0.05, 0.1) is 24.6 Å². The summed E-state index contributed by atoms with van der Waals surface area (Å²) in [5.74, 6) is -1.17. The molecule has 1 aromatic carbocycles. The Morgan fingerprint density at radius 2 is 1.90 bits per heavy atom. The number of benzene rings is 1. The van der Waals surface area contributed by atoms with E-state index in [0.717, 1.165) is 37.1 Å². The van der Waals surface area contributed by atoms with Crippen LogP contribution < -0.4 is 11.2 Å². The van der Waals surface area contributed by atoms with E-state index in [9.17, 15) is 28.8 Å². The highest BCUT2D eigenvalue weighted by molar-refractivity contribution is 6.29. The molecule has 1 aliphatic rings. The third-order valence-electron chi connectivity index (χ3n) is 4.75. The van der Waals surface area contributed by atoms with Gasteiger partial charge in [0.25, 0.3) is 5.56 Å². The molecule has 3 amide bonds. The van der Waals surface area contributed by atoms with Gasteiger partial charge in [0.1, 0.15) is 17.1 Å². The number of hydrogen-bond acceptors (Lipinski definition) is 5. The summed E-state index contributed by atoms with van der Waals surface area (Å²) in [6.07, 6.45) is -1.45. The van der Waals surface area contributed by atoms with E-state index in [2.05, 4.69) is 0 Å². The van der Waals surface area contributed by atoms with Crippen molar-refractivity contribution in [2.75, 3.05) is 7.05 Å². The summed E-state index contributed by atoms with van der Waals surface area (Å²) in [4.78, 5) is 51.5. The Balaban J connectivity index is 2.16. The zero-order valence-electron chi connectivity index (χ0n) is 15.4. The van der Waals surface area contributed by atoms with Gasteiger partial charge in [-0.05, 0) is 23.8 Å². The molecule has 2 heterocycles. The van der Waals surface area contributed by atoms with Crippen molar-refractivity contribution in [3.63, 3.8) is 0 Å². The zero-order valence-corrected chi connectivity index (χ0v) is 16.2. The number of aromatic nitrogens is 2. The molecule has 1 fully saturated rings. The molecule has 11 heteroatoms. The molecule has 1 saturated heterocycles. The Labute approximate surface area is 168 Å². The molecule has 1 unspecified atom stereocenters. The summed E-state index contributed by atoms with van der Waals surface area (Å²) in [6, 6.07) is 5.65. The van der Waals surface area contributed by atoms with Crippen molar-refractivity contribution in [2.24, 2.45) is 7.05 Å². The number of hydrogen-bond donors (Lipinski definition) is 0. The van der Waals surface area contributed by atoms with Crippen molar-refractivity contribution >= 4 is 23.5 Å². The third-order valence-corrected chi connectivity index (χ3v) is 5.04. The Bertz CT molecular complexity index is 1180. The maximum atomic E-state index is 13.7. The standard InChI is InChI=1S/C18H15ClFN5O4/c1-22-16(27)7-14(25-13(19)6-15(26)23(2)18(25)29)24(17(22)28)9-11-5-12(20)4-3-10(11)8-21/h3-6,14H,7,9H2,1-2H3. The quantitative estimate of drug-likeness (QED) is 0.694. The van der Waals surface area contributed by atoms with Crippen LogP contribution >= 0.6 is 11.6 Å². The highest BCUT2D eigenvalue weighted by atomic mass is 35.5. The van der Waals surface area contributed by atoms with Crippen LogP contribution in [0.3, 0.4) is 0 Å². The molecule has 1 aromatic heterocycles. The fourth-order valence-electron chi connectivity index (χ4n) is 3.10. The minimum absolute atomic E-state index is 0.136. The van der Waals surface area contributed by atoms with E-state index in [-0.39, 0.29) is 29.2 Å². The first-order valence-electron chi connectivity index (χ1n) is 8.39. The summed E-state index contributed by atoms with van der Waals surface area (Å²) in [6.45, 7) is -0.257. The fourth-order valence-corrected chi connectivity index (χ4v) is 3.38. The van der Waals surface area contributed by atoms with Gasteiger partial charge in [-0.25, -0.2) is 14.0 Å². The first-order chi connectivity index (χ1) is 13.6. The van der Waals surface area contributed by atoms with E-state index in [1.54, 1.807) is 0 Å². The van der Waals surface area contributed by atoms with Crippen molar-refractivity contribution in [3.05, 3.63) is 67.2 Å². The van der Waals surface area contributed by atoms with Gasteiger partial charge in [-0.1, -0.05) is 11.6 Å². The molecule has 0 radical (unpaired) electrons. The van der Waals surface area contributed by atoms with Crippen LogP contribution in [-0.4, -0.2) is 37.9 Å². The molecule has 0 N–H and O–H groups in total. The number of imide groups is 1. The number of nitrogens with zero attached hydrogens (tertiary/aromatic N) is 5. The summed E-state index contributed by atoms with van der Waals surface area (Å²) in [5.41, 5.74) is -1.13. The first kappa shape index (κ1) is 20.3. The SMILES string of the molecule is CN1C(=O)CC(n2c(Cl)cc(=O)n(C)c2=O)N(Cc2cc(F)ccc2C#N)C1=O. The normalized spacial score (nSPS) is 16.9. The lowest BCUT2D eigenvalue weighted by molar-refractivity contribution is -0.133. The molecule has 0 aliphatic carbocycles. The van der Waals surface area contributed by atoms with Crippen LogP contribution in [0.15, 0.2) is 33.9 Å². The number of nitriles is 1. The van der Waals surface area contributed by atoms with Crippen molar-refractivity contribution < 1.29 is 14.0 Å². The second-order valence-corrected chi connectivity index (χ2v) is 6.87. The van der Waals surface area contributed by atoms with E-state index in [1.807, 2.05) is 6.07 Å². The molecule has 9 nitrogen and oxygen atoms in total. The van der Waals surface area contributed by atoms with Gasteiger partial charge in [0.15, 0.2) is 0 Å². The summed E-state index contributed by atoms with van der Waals surface area (Å²) < 4.78 is 15.5.